The Morgan fingerprint density at radius 3 is 2.48 bits per heavy atom. The van der Waals surface area contributed by atoms with Crippen LogP contribution < -0.4 is 10.5 Å². The van der Waals surface area contributed by atoms with Crippen molar-refractivity contribution in [3.05, 3.63) is 51.8 Å². The smallest absolute Gasteiger partial charge is 0.263 e. The molecule has 0 aliphatic heterocycles. The van der Waals surface area contributed by atoms with Crippen molar-refractivity contribution in [2.45, 2.75) is 11.8 Å². The predicted molar refractivity (Wildman–Crippen MR) is 82.8 cm³/mol. The van der Waals surface area contributed by atoms with Gasteiger partial charge < -0.3 is 5.73 Å². The summed E-state index contributed by atoms with van der Waals surface area (Å²) in [6.07, 6.45) is 0. The van der Waals surface area contributed by atoms with Gasteiger partial charge in [-0.3, -0.25) is 4.72 Å². The predicted octanol–water partition coefficient (Wildman–Crippen LogP) is 3.82. The lowest BCUT2D eigenvalue weighted by Crippen LogP contribution is -2.14. The van der Waals surface area contributed by atoms with Gasteiger partial charge in [-0.1, -0.05) is 29.3 Å². The van der Waals surface area contributed by atoms with Gasteiger partial charge in [-0.05, 0) is 36.8 Å². The summed E-state index contributed by atoms with van der Waals surface area (Å²) >= 11 is 11.7. The molecule has 0 aromatic heterocycles. The minimum atomic E-state index is -4.04. The topological polar surface area (TPSA) is 72.2 Å². The average Bonchev–Trinajstić information content (AvgIpc) is 2.37. The number of rotatable bonds is 3. The summed E-state index contributed by atoms with van der Waals surface area (Å²) in [6, 6.07) is 6.69. The summed E-state index contributed by atoms with van der Waals surface area (Å²) in [6.45, 7) is 1.79. The van der Waals surface area contributed by atoms with E-state index in [0.717, 1.165) is 17.7 Å². The zero-order chi connectivity index (χ0) is 15.8. The van der Waals surface area contributed by atoms with Crippen molar-refractivity contribution >= 4 is 44.6 Å². The first-order valence-electron chi connectivity index (χ1n) is 5.74. The van der Waals surface area contributed by atoms with Crippen LogP contribution in [0, 0.1) is 12.7 Å². The molecule has 3 N–H and O–H groups in total. The second-order valence-electron chi connectivity index (χ2n) is 4.39. The van der Waals surface area contributed by atoms with E-state index in [9.17, 15) is 12.8 Å². The summed E-state index contributed by atoms with van der Waals surface area (Å²) in [4.78, 5) is -0.319. The van der Waals surface area contributed by atoms with E-state index in [1.54, 1.807) is 25.1 Å². The van der Waals surface area contributed by atoms with Crippen LogP contribution in [0.15, 0.2) is 35.2 Å². The highest BCUT2D eigenvalue weighted by molar-refractivity contribution is 7.92. The third kappa shape index (κ3) is 3.40. The summed E-state index contributed by atoms with van der Waals surface area (Å²) in [5.74, 6) is -0.785. The first-order chi connectivity index (χ1) is 9.70. The third-order valence-electron chi connectivity index (χ3n) is 2.71. The molecule has 0 fully saturated rings. The first-order valence-corrected chi connectivity index (χ1v) is 7.98. The molecule has 8 heteroatoms. The van der Waals surface area contributed by atoms with Crippen molar-refractivity contribution in [1.82, 2.24) is 0 Å². The van der Waals surface area contributed by atoms with Crippen molar-refractivity contribution in [2.75, 3.05) is 10.5 Å². The number of nitrogen functional groups attached to an aromatic ring is 1. The lowest BCUT2D eigenvalue weighted by molar-refractivity contribution is 0.600. The molecular weight excluding hydrogens is 338 g/mol. The molecule has 0 amide bonds. The summed E-state index contributed by atoms with van der Waals surface area (Å²) in [5, 5.41) is -0.0339. The van der Waals surface area contributed by atoms with E-state index in [2.05, 4.69) is 4.72 Å². The molecule has 0 spiro atoms. The molecule has 4 nitrogen and oxygen atoms in total. The Hall–Kier alpha value is -1.50. The normalized spacial score (nSPS) is 11.4. The van der Waals surface area contributed by atoms with E-state index < -0.39 is 15.8 Å². The molecule has 0 saturated carbocycles. The molecule has 0 aliphatic carbocycles. The molecule has 2 aromatic carbocycles. The molecule has 0 aliphatic rings. The molecule has 0 radical (unpaired) electrons. The Balaban J connectivity index is 2.48. The van der Waals surface area contributed by atoms with Crippen LogP contribution in [0.25, 0.3) is 0 Å². The van der Waals surface area contributed by atoms with Gasteiger partial charge in [0.15, 0.2) is 0 Å². The Kier molecular flexibility index (Phi) is 4.32. The van der Waals surface area contributed by atoms with Gasteiger partial charge in [-0.15, -0.1) is 0 Å². The number of nitrogens with two attached hydrogens (primary N) is 1. The molecule has 2 rings (SSSR count). The first kappa shape index (κ1) is 15.9. The highest BCUT2D eigenvalue weighted by Gasteiger charge is 2.21. The maximum absolute atomic E-state index is 13.2. The number of halogens is 3. The third-order valence-corrected chi connectivity index (χ3v) is 4.87. The number of nitrogens with one attached hydrogen (secondary N) is 1. The summed E-state index contributed by atoms with van der Waals surface area (Å²) in [7, 11) is -4.04. The maximum atomic E-state index is 13.2. The minimum absolute atomic E-state index is 0.204. The largest absolute Gasteiger partial charge is 0.396 e. The number of hydrogen-bond donors (Lipinski definition) is 2. The molecule has 0 atom stereocenters. The van der Waals surface area contributed by atoms with E-state index in [1.165, 1.54) is 0 Å². The van der Waals surface area contributed by atoms with Crippen molar-refractivity contribution in [1.29, 1.82) is 0 Å². The van der Waals surface area contributed by atoms with Crippen molar-refractivity contribution in [3.63, 3.8) is 0 Å². The number of aryl methyl sites for hydroxylation is 1. The van der Waals surface area contributed by atoms with E-state index in [-0.39, 0.29) is 26.3 Å². The van der Waals surface area contributed by atoms with E-state index in [1.807, 2.05) is 0 Å². The number of sulfonamides is 1. The fraction of sp³-hybridized carbons (Fsp3) is 0.0769. The van der Waals surface area contributed by atoms with Crippen LogP contribution in [0.2, 0.25) is 10.0 Å². The van der Waals surface area contributed by atoms with Gasteiger partial charge in [0, 0.05) is 0 Å². The zero-order valence-corrected chi connectivity index (χ0v) is 13.2. The van der Waals surface area contributed by atoms with E-state index in [4.69, 9.17) is 28.9 Å². The van der Waals surface area contributed by atoms with Crippen molar-refractivity contribution in [2.24, 2.45) is 0 Å². The number of anilines is 2. The molecular formula is C13H11Cl2FN2O2S. The van der Waals surface area contributed by atoms with Gasteiger partial charge in [-0.2, -0.15) is 0 Å². The van der Waals surface area contributed by atoms with Gasteiger partial charge in [0.1, 0.15) is 10.7 Å². The second kappa shape index (κ2) is 5.71. The van der Waals surface area contributed by atoms with Crippen molar-refractivity contribution < 1.29 is 12.8 Å². The van der Waals surface area contributed by atoms with Gasteiger partial charge >= 0.3 is 0 Å². The van der Waals surface area contributed by atoms with Crippen molar-refractivity contribution in [3.8, 4) is 0 Å². The van der Waals surface area contributed by atoms with Crippen LogP contribution in [0.4, 0.5) is 15.8 Å². The van der Waals surface area contributed by atoms with Gasteiger partial charge in [0.2, 0.25) is 0 Å². The SMILES string of the molecule is Cc1ccc(Cl)c(NS(=O)(=O)c2cc(N)c(F)cc2Cl)c1. The fourth-order valence-electron chi connectivity index (χ4n) is 1.67. The van der Waals surface area contributed by atoms with E-state index in [0.29, 0.717) is 0 Å². The van der Waals surface area contributed by atoms with E-state index >= 15 is 0 Å². The lowest BCUT2D eigenvalue weighted by Gasteiger charge is -2.12. The molecule has 0 unspecified atom stereocenters. The van der Waals surface area contributed by atoms with Crippen LogP contribution in [0.1, 0.15) is 5.56 Å². The van der Waals surface area contributed by atoms with Crippen LogP contribution in [0.3, 0.4) is 0 Å². The Labute approximate surface area is 131 Å². The molecule has 0 bridgehead atoms. The van der Waals surface area contributed by atoms with Crippen LogP contribution in [0.5, 0.6) is 0 Å². The highest BCUT2D eigenvalue weighted by atomic mass is 35.5. The summed E-state index contributed by atoms with van der Waals surface area (Å²) < 4.78 is 40.2. The van der Waals surface area contributed by atoms with Gasteiger partial charge in [0.05, 0.1) is 21.4 Å². The lowest BCUT2D eigenvalue weighted by atomic mass is 10.2. The highest BCUT2D eigenvalue weighted by Crippen LogP contribution is 2.30. The Morgan fingerprint density at radius 1 is 1.14 bits per heavy atom. The standard InChI is InChI=1S/C13H11Cl2FN2O2S/c1-7-2-3-8(14)12(4-7)18-21(19,20)13-6-11(17)10(16)5-9(13)15/h2-6,18H,17H2,1H3. The van der Waals surface area contributed by atoms with Crippen LogP contribution >= 0.6 is 23.2 Å². The molecule has 2 aromatic rings. The fourth-order valence-corrected chi connectivity index (χ4v) is 3.51. The van der Waals surface area contributed by atoms with Gasteiger partial charge in [0.25, 0.3) is 10.0 Å². The Morgan fingerprint density at radius 2 is 1.81 bits per heavy atom. The number of hydrogen-bond acceptors (Lipinski definition) is 3. The monoisotopic (exact) mass is 348 g/mol. The second-order valence-corrected chi connectivity index (χ2v) is 6.86. The minimum Gasteiger partial charge on any atom is -0.396 e. The summed E-state index contributed by atoms with van der Waals surface area (Å²) in [5.41, 5.74) is 6.10. The Bertz CT molecular complexity index is 810. The molecule has 0 saturated heterocycles. The average molecular weight is 349 g/mol. The quantitative estimate of drug-likeness (QED) is 0.828. The van der Waals surface area contributed by atoms with Crippen LogP contribution in [-0.4, -0.2) is 8.42 Å². The maximum Gasteiger partial charge on any atom is 0.263 e. The van der Waals surface area contributed by atoms with Crippen LogP contribution in [-0.2, 0) is 10.0 Å². The zero-order valence-electron chi connectivity index (χ0n) is 10.8. The number of benzene rings is 2. The molecule has 112 valence electrons. The van der Waals surface area contributed by atoms with Gasteiger partial charge in [-0.25, -0.2) is 12.8 Å². The molecule has 0 heterocycles. The molecule has 21 heavy (non-hydrogen) atoms.